The molecule has 21 heavy (non-hydrogen) atoms. The third-order valence-electron chi connectivity index (χ3n) is 2.72. The Morgan fingerprint density at radius 2 is 1.43 bits per heavy atom. The van der Waals surface area contributed by atoms with Crippen molar-refractivity contribution in [3.8, 4) is 0 Å². The Labute approximate surface area is 124 Å². The highest BCUT2D eigenvalue weighted by Crippen LogP contribution is 2.19. The number of nitrogens with one attached hydrogen (secondary N) is 2. The van der Waals surface area contributed by atoms with E-state index >= 15 is 0 Å². The number of benzene rings is 2. The molecule has 2 aromatic rings. The second kappa shape index (κ2) is 6.13. The predicted molar refractivity (Wildman–Crippen MR) is 82.4 cm³/mol. The lowest BCUT2D eigenvalue weighted by Gasteiger charge is -2.12. The van der Waals surface area contributed by atoms with Gasteiger partial charge in [0.15, 0.2) is 0 Å². The molecule has 0 fully saturated rings. The molecule has 0 saturated carbocycles. The molecular weight excluding hydrogens is 291 g/mol. The third-order valence-corrected chi connectivity index (χ3v) is 4.11. The summed E-state index contributed by atoms with van der Waals surface area (Å²) in [5, 5.41) is 3.21. The normalized spacial score (nSPS) is 11.4. The Kier molecular flexibility index (Phi) is 4.47. The summed E-state index contributed by atoms with van der Waals surface area (Å²) >= 11 is 0. The minimum atomic E-state index is -3.70. The van der Waals surface area contributed by atoms with Gasteiger partial charge in [-0.25, -0.2) is 12.8 Å². The molecule has 0 aromatic heterocycles. The van der Waals surface area contributed by atoms with Crippen LogP contribution in [0.25, 0.3) is 0 Å². The summed E-state index contributed by atoms with van der Waals surface area (Å²) in [6.45, 7) is 4.04. The highest BCUT2D eigenvalue weighted by atomic mass is 32.2. The van der Waals surface area contributed by atoms with Crippen LogP contribution in [0.4, 0.5) is 15.8 Å². The second-order valence-corrected chi connectivity index (χ2v) is 6.62. The maximum atomic E-state index is 12.8. The van der Waals surface area contributed by atoms with Crippen LogP contribution in [0.2, 0.25) is 0 Å². The van der Waals surface area contributed by atoms with Crippen LogP contribution in [0.3, 0.4) is 0 Å². The van der Waals surface area contributed by atoms with Gasteiger partial charge in [-0.3, -0.25) is 4.72 Å². The van der Waals surface area contributed by atoms with Gasteiger partial charge < -0.3 is 5.32 Å². The van der Waals surface area contributed by atoms with Gasteiger partial charge in [-0.1, -0.05) is 0 Å². The maximum Gasteiger partial charge on any atom is 0.261 e. The molecule has 2 N–H and O–H groups in total. The molecule has 6 heteroatoms. The second-order valence-electron chi connectivity index (χ2n) is 4.94. The molecule has 2 aromatic carbocycles. The first kappa shape index (κ1) is 15.3. The van der Waals surface area contributed by atoms with Crippen molar-refractivity contribution >= 4 is 21.4 Å². The number of sulfonamides is 1. The monoisotopic (exact) mass is 308 g/mol. The Hall–Kier alpha value is -2.08. The molecular formula is C15H17FN2O2S. The van der Waals surface area contributed by atoms with Gasteiger partial charge in [0, 0.05) is 17.4 Å². The average Bonchev–Trinajstić information content (AvgIpc) is 2.40. The number of anilines is 2. The number of hydrogen-bond acceptors (Lipinski definition) is 3. The van der Waals surface area contributed by atoms with Crippen molar-refractivity contribution in [1.82, 2.24) is 0 Å². The molecule has 4 nitrogen and oxygen atoms in total. The van der Waals surface area contributed by atoms with Gasteiger partial charge >= 0.3 is 0 Å². The summed E-state index contributed by atoms with van der Waals surface area (Å²) in [6, 6.07) is 11.9. The smallest absolute Gasteiger partial charge is 0.261 e. The van der Waals surface area contributed by atoms with Gasteiger partial charge in [-0.05, 0) is 62.4 Å². The van der Waals surface area contributed by atoms with Crippen LogP contribution in [0, 0.1) is 5.82 Å². The molecule has 112 valence electrons. The molecule has 2 rings (SSSR count). The van der Waals surface area contributed by atoms with Gasteiger partial charge in [0.2, 0.25) is 0 Å². The summed E-state index contributed by atoms with van der Waals surface area (Å²) < 4.78 is 39.5. The Bertz CT molecular complexity index is 695. The lowest BCUT2D eigenvalue weighted by molar-refractivity contribution is 0.599. The summed E-state index contributed by atoms with van der Waals surface area (Å²) in [6.07, 6.45) is 0. The minimum Gasteiger partial charge on any atom is -0.383 e. The van der Waals surface area contributed by atoms with E-state index in [1.165, 1.54) is 12.1 Å². The van der Waals surface area contributed by atoms with Gasteiger partial charge in [-0.15, -0.1) is 0 Å². The van der Waals surface area contributed by atoms with Crippen LogP contribution < -0.4 is 10.0 Å². The maximum absolute atomic E-state index is 12.8. The molecule has 0 unspecified atom stereocenters. The topological polar surface area (TPSA) is 58.2 Å². The molecule has 0 radical (unpaired) electrons. The molecule has 0 aliphatic rings. The summed E-state index contributed by atoms with van der Waals surface area (Å²) in [7, 11) is -3.70. The van der Waals surface area contributed by atoms with Crippen molar-refractivity contribution in [1.29, 1.82) is 0 Å². The molecule has 0 heterocycles. The first-order valence-corrected chi connectivity index (χ1v) is 8.00. The third kappa shape index (κ3) is 4.19. The summed E-state index contributed by atoms with van der Waals surface area (Å²) in [4.78, 5) is 0.0216. The first-order chi connectivity index (χ1) is 9.87. The fourth-order valence-corrected chi connectivity index (χ4v) is 2.85. The Morgan fingerprint density at radius 1 is 0.905 bits per heavy atom. The highest BCUT2D eigenvalue weighted by molar-refractivity contribution is 7.92. The lowest BCUT2D eigenvalue weighted by Crippen LogP contribution is -2.13. The van der Waals surface area contributed by atoms with Crippen molar-refractivity contribution in [2.45, 2.75) is 24.8 Å². The van der Waals surface area contributed by atoms with E-state index in [2.05, 4.69) is 10.0 Å². The number of halogens is 1. The van der Waals surface area contributed by atoms with E-state index in [-0.39, 0.29) is 4.90 Å². The zero-order valence-electron chi connectivity index (χ0n) is 11.8. The largest absolute Gasteiger partial charge is 0.383 e. The average molecular weight is 308 g/mol. The minimum absolute atomic E-state index is 0.0216. The van der Waals surface area contributed by atoms with Crippen molar-refractivity contribution < 1.29 is 12.8 Å². The molecule has 0 saturated heterocycles. The fraction of sp³-hybridized carbons (Fsp3) is 0.200. The lowest BCUT2D eigenvalue weighted by atomic mass is 10.2. The highest BCUT2D eigenvalue weighted by Gasteiger charge is 2.13. The summed E-state index contributed by atoms with van der Waals surface area (Å²) in [5.41, 5.74) is 1.36. The molecule has 0 spiro atoms. The summed E-state index contributed by atoms with van der Waals surface area (Å²) in [5.74, 6) is -0.474. The van der Waals surface area contributed by atoms with Gasteiger partial charge in [0.05, 0.1) is 4.90 Å². The van der Waals surface area contributed by atoms with E-state index in [0.717, 1.165) is 17.8 Å². The number of rotatable bonds is 5. The van der Waals surface area contributed by atoms with Crippen LogP contribution in [0.1, 0.15) is 13.8 Å². The SMILES string of the molecule is CC(C)Nc1ccc(NS(=O)(=O)c2ccc(F)cc2)cc1. The number of hydrogen-bond donors (Lipinski definition) is 2. The van der Waals surface area contributed by atoms with Crippen molar-refractivity contribution in [3.05, 3.63) is 54.3 Å². The van der Waals surface area contributed by atoms with Gasteiger partial charge in [0.25, 0.3) is 10.0 Å². The van der Waals surface area contributed by atoms with Crippen molar-refractivity contribution in [2.24, 2.45) is 0 Å². The molecule has 0 aliphatic heterocycles. The van der Waals surface area contributed by atoms with E-state index in [1.54, 1.807) is 24.3 Å². The van der Waals surface area contributed by atoms with E-state index < -0.39 is 15.8 Å². The van der Waals surface area contributed by atoms with E-state index in [4.69, 9.17) is 0 Å². The van der Waals surface area contributed by atoms with Crippen LogP contribution in [-0.2, 0) is 10.0 Å². The van der Waals surface area contributed by atoms with Gasteiger partial charge in [0.1, 0.15) is 5.82 Å². The zero-order chi connectivity index (χ0) is 15.5. The molecule has 0 bridgehead atoms. The Morgan fingerprint density at radius 3 is 1.95 bits per heavy atom. The fourth-order valence-electron chi connectivity index (χ4n) is 1.80. The standard InChI is InChI=1S/C15H17FN2O2S/c1-11(2)17-13-5-7-14(8-6-13)18-21(19,20)15-9-3-12(16)4-10-15/h3-11,17-18H,1-2H3. The van der Waals surface area contributed by atoms with Crippen molar-refractivity contribution in [3.63, 3.8) is 0 Å². The van der Waals surface area contributed by atoms with E-state index in [0.29, 0.717) is 11.7 Å². The quantitative estimate of drug-likeness (QED) is 0.889. The zero-order valence-corrected chi connectivity index (χ0v) is 12.6. The van der Waals surface area contributed by atoms with Crippen LogP contribution in [0.15, 0.2) is 53.4 Å². The van der Waals surface area contributed by atoms with Crippen molar-refractivity contribution in [2.75, 3.05) is 10.0 Å². The van der Waals surface area contributed by atoms with Gasteiger partial charge in [-0.2, -0.15) is 0 Å². The predicted octanol–water partition coefficient (Wildman–Crippen LogP) is 3.45. The van der Waals surface area contributed by atoms with E-state index in [9.17, 15) is 12.8 Å². The molecule has 0 amide bonds. The molecule has 0 aliphatic carbocycles. The van der Waals surface area contributed by atoms with Crippen LogP contribution in [-0.4, -0.2) is 14.5 Å². The first-order valence-electron chi connectivity index (χ1n) is 6.52. The Balaban J connectivity index is 2.15. The van der Waals surface area contributed by atoms with E-state index in [1.807, 2.05) is 13.8 Å². The van der Waals surface area contributed by atoms with Crippen LogP contribution >= 0.6 is 0 Å². The van der Waals surface area contributed by atoms with Crippen LogP contribution in [0.5, 0.6) is 0 Å². The molecule has 0 atom stereocenters.